The second kappa shape index (κ2) is 55.9. The van der Waals surface area contributed by atoms with Crippen molar-refractivity contribution < 1.29 is 24.5 Å². The molecule has 2 atom stereocenters. The van der Waals surface area contributed by atoms with Gasteiger partial charge in [0.15, 0.2) is 0 Å². The van der Waals surface area contributed by atoms with Crippen molar-refractivity contribution in [3.8, 4) is 0 Å². The van der Waals surface area contributed by atoms with Gasteiger partial charge in [-0.25, -0.2) is 0 Å². The van der Waals surface area contributed by atoms with Crippen LogP contribution in [0.5, 0.6) is 0 Å². The molecule has 0 aromatic carbocycles. The molecule has 0 saturated heterocycles. The smallest absolute Gasteiger partial charge is 0.305 e. The standard InChI is InChI=1S/C60H115NO5/c1-3-5-7-9-11-13-15-16-27-31-34-38-42-46-50-54-60(65)66-55-51-47-43-39-35-32-29-26-24-22-20-18-17-19-21-23-25-28-30-33-37-41-45-49-53-59(64)61-57(56-62)58(63)52-48-44-40-36-14-12-10-8-6-4-2/h19,21,48,52,57-58,62-63H,3-18,20,22-47,49-51,53-56H2,1-2H3,(H,61,64)/b21-19-,52-48+. The molecule has 0 bridgehead atoms. The van der Waals surface area contributed by atoms with Crippen molar-refractivity contribution in [1.29, 1.82) is 0 Å². The van der Waals surface area contributed by atoms with Crippen LogP contribution in [-0.4, -0.2) is 47.4 Å². The first kappa shape index (κ1) is 64.3. The average molecular weight is 931 g/mol. The number of carbonyl (C=O) groups excluding carboxylic acids is 2. The van der Waals surface area contributed by atoms with Gasteiger partial charge in [0.05, 0.1) is 25.4 Å². The third kappa shape index (κ3) is 51.7. The Morgan fingerprint density at radius 3 is 1.08 bits per heavy atom. The van der Waals surface area contributed by atoms with Gasteiger partial charge >= 0.3 is 5.97 Å². The number of hydrogen-bond acceptors (Lipinski definition) is 5. The lowest BCUT2D eigenvalue weighted by molar-refractivity contribution is -0.143. The molecule has 0 saturated carbocycles. The van der Waals surface area contributed by atoms with Crippen LogP contribution in [-0.2, 0) is 14.3 Å². The Balaban J connectivity index is 3.38. The molecule has 6 heteroatoms. The van der Waals surface area contributed by atoms with E-state index in [1.807, 2.05) is 6.08 Å². The Kier molecular flexibility index (Phi) is 54.5. The lowest BCUT2D eigenvalue weighted by atomic mass is 10.0. The van der Waals surface area contributed by atoms with Crippen LogP contribution in [0.4, 0.5) is 0 Å². The highest BCUT2D eigenvalue weighted by atomic mass is 16.5. The van der Waals surface area contributed by atoms with Crippen LogP contribution in [0.2, 0.25) is 0 Å². The molecular weight excluding hydrogens is 815 g/mol. The molecule has 0 fully saturated rings. The highest BCUT2D eigenvalue weighted by molar-refractivity contribution is 5.76. The third-order valence-electron chi connectivity index (χ3n) is 13.7. The van der Waals surface area contributed by atoms with Crippen LogP contribution >= 0.6 is 0 Å². The van der Waals surface area contributed by atoms with E-state index in [1.165, 1.54) is 257 Å². The molecule has 0 rings (SSSR count). The molecule has 3 N–H and O–H groups in total. The number of hydrogen-bond donors (Lipinski definition) is 3. The summed E-state index contributed by atoms with van der Waals surface area (Å²) in [5.74, 6) is -0.0590. The predicted molar refractivity (Wildman–Crippen MR) is 287 cm³/mol. The van der Waals surface area contributed by atoms with Crippen molar-refractivity contribution in [2.75, 3.05) is 13.2 Å². The molecule has 0 heterocycles. The van der Waals surface area contributed by atoms with Gasteiger partial charge < -0.3 is 20.3 Å². The maximum Gasteiger partial charge on any atom is 0.305 e. The number of esters is 1. The molecular formula is C60H115NO5. The van der Waals surface area contributed by atoms with Crippen molar-refractivity contribution in [3.63, 3.8) is 0 Å². The van der Waals surface area contributed by atoms with Gasteiger partial charge in [0.2, 0.25) is 5.91 Å². The number of unbranched alkanes of at least 4 members (excludes halogenated alkanes) is 42. The number of ether oxygens (including phenoxy) is 1. The molecule has 0 aromatic rings. The van der Waals surface area contributed by atoms with E-state index in [0.29, 0.717) is 19.4 Å². The summed E-state index contributed by atoms with van der Waals surface area (Å²) < 4.78 is 5.49. The Bertz CT molecular complexity index is 1030. The van der Waals surface area contributed by atoms with Crippen molar-refractivity contribution in [3.05, 3.63) is 24.3 Å². The Morgan fingerprint density at radius 2 is 0.712 bits per heavy atom. The van der Waals surface area contributed by atoms with Gasteiger partial charge in [-0.1, -0.05) is 276 Å². The molecule has 6 nitrogen and oxygen atoms in total. The Morgan fingerprint density at radius 1 is 0.409 bits per heavy atom. The molecule has 0 aliphatic carbocycles. The normalized spacial score (nSPS) is 12.7. The number of allylic oxidation sites excluding steroid dienone is 3. The van der Waals surface area contributed by atoms with Crippen LogP contribution < -0.4 is 5.32 Å². The van der Waals surface area contributed by atoms with Gasteiger partial charge in [0.25, 0.3) is 0 Å². The maximum absolute atomic E-state index is 12.4. The molecule has 0 aromatic heterocycles. The lowest BCUT2D eigenvalue weighted by Crippen LogP contribution is -2.45. The van der Waals surface area contributed by atoms with Crippen LogP contribution in [0.1, 0.15) is 322 Å². The molecule has 0 aliphatic rings. The van der Waals surface area contributed by atoms with Gasteiger partial charge in [-0.15, -0.1) is 0 Å². The summed E-state index contributed by atoms with van der Waals surface area (Å²) in [6, 6.07) is -0.629. The fraction of sp³-hybridized carbons (Fsp3) is 0.900. The zero-order valence-corrected chi connectivity index (χ0v) is 44.4. The molecule has 390 valence electrons. The van der Waals surface area contributed by atoms with Crippen molar-refractivity contribution >= 4 is 11.9 Å². The van der Waals surface area contributed by atoms with E-state index in [9.17, 15) is 19.8 Å². The summed E-state index contributed by atoms with van der Waals surface area (Å²) in [5.41, 5.74) is 0. The first-order valence-corrected chi connectivity index (χ1v) is 29.6. The highest BCUT2D eigenvalue weighted by Gasteiger charge is 2.18. The maximum atomic E-state index is 12.4. The lowest BCUT2D eigenvalue weighted by Gasteiger charge is -2.20. The van der Waals surface area contributed by atoms with Crippen LogP contribution in [0.3, 0.4) is 0 Å². The minimum absolute atomic E-state index is 0.0149. The summed E-state index contributed by atoms with van der Waals surface area (Å²) in [4.78, 5) is 24.4. The monoisotopic (exact) mass is 930 g/mol. The second-order valence-corrected chi connectivity index (χ2v) is 20.3. The molecule has 66 heavy (non-hydrogen) atoms. The van der Waals surface area contributed by atoms with Crippen molar-refractivity contribution in [2.45, 2.75) is 334 Å². The minimum atomic E-state index is -0.845. The van der Waals surface area contributed by atoms with Crippen LogP contribution in [0.15, 0.2) is 24.3 Å². The van der Waals surface area contributed by atoms with Gasteiger partial charge in [-0.2, -0.15) is 0 Å². The number of amides is 1. The third-order valence-corrected chi connectivity index (χ3v) is 13.7. The van der Waals surface area contributed by atoms with E-state index in [-0.39, 0.29) is 18.5 Å². The van der Waals surface area contributed by atoms with Crippen molar-refractivity contribution in [2.24, 2.45) is 0 Å². The molecule has 2 unspecified atom stereocenters. The second-order valence-electron chi connectivity index (χ2n) is 20.3. The van der Waals surface area contributed by atoms with Crippen LogP contribution in [0, 0.1) is 0 Å². The zero-order chi connectivity index (χ0) is 47.9. The van der Waals surface area contributed by atoms with E-state index in [0.717, 1.165) is 38.5 Å². The number of carbonyl (C=O) groups is 2. The Hall–Kier alpha value is -1.66. The number of rotatable bonds is 55. The number of nitrogens with one attached hydrogen (secondary N) is 1. The van der Waals surface area contributed by atoms with Gasteiger partial charge in [0.1, 0.15) is 0 Å². The fourth-order valence-electron chi connectivity index (χ4n) is 9.16. The summed E-state index contributed by atoms with van der Waals surface area (Å²) >= 11 is 0. The van der Waals surface area contributed by atoms with E-state index < -0.39 is 12.1 Å². The van der Waals surface area contributed by atoms with Gasteiger partial charge in [-0.05, 0) is 57.8 Å². The first-order valence-electron chi connectivity index (χ1n) is 29.6. The van der Waals surface area contributed by atoms with Gasteiger partial charge in [-0.3, -0.25) is 9.59 Å². The van der Waals surface area contributed by atoms with E-state index in [2.05, 4.69) is 31.3 Å². The van der Waals surface area contributed by atoms with E-state index in [1.54, 1.807) is 6.08 Å². The minimum Gasteiger partial charge on any atom is -0.466 e. The number of aliphatic hydroxyl groups excluding tert-OH is 2. The average Bonchev–Trinajstić information content (AvgIpc) is 3.32. The van der Waals surface area contributed by atoms with E-state index >= 15 is 0 Å². The molecule has 1 amide bonds. The van der Waals surface area contributed by atoms with E-state index in [4.69, 9.17) is 4.74 Å². The van der Waals surface area contributed by atoms with Gasteiger partial charge in [0, 0.05) is 12.8 Å². The number of aliphatic hydroxyl groups is 2. The van der Waals surface area contributed by atoms with Crippen LogP contribution in [0.25, 0.3) is 0 Å². The zero-order valence-electron chi connectivity index (χ0n) is 44.4. The first-order chi connectivity index (χ1) is 32.5. The Labute approximate surface area is 411 Å². The summed E-state index contributed by atoms with van der Waals surface area (Å²) in [6.45, 7) is 4.90. The predicted octanol–water partition coefficient (Wildman–Crippen LogP) is 18.2. The molecule has 0 radical (unpaired) electrons. The topological polar surface area (TPSA) is 95.9 Å². The fourth-order valence-corrected chi connectivity index (χ4v) is 9.16. The summed E-state index contributed by atoms with van der Waals surface area (Å²) in [7, 11) is 0. The molecule has 0 spiro atoms. The summed E-state index contributed by atoms with van der Waals surface area (Å²) in [6.07, 6.45) is 67.9. The SMILES string of the molecule is CCCCCCCCCC/C=C/C(O)C(CO)NC(=O)CCCCCCCCCC/C=C\CCCCCCCCCCCCCCOC(=O)CCCCCCCCCCCCCCCCC. The largest absolute Gasteiger partial charge is 0.466 e. The quantitative estimate of drug-likeness (QED) is 0.0321. The highest BCUT2D eigenvalue weighted by Crippen LogP contribution is 2.17. The molecule has 0 aliphatic heterocycles. The summed E-state index contributed by atoms with van der Waals surface area (Å²) in [5, 5.41) is 23.0. The van der Waals surface area contributed by atoms with Crippen molar-refractivity contribution in [1.82, 2.24) is 5.32 Å².